The predicted octanol–water partition coefficient (Wildman–Crippen LogP) is 0.180. The average Bonchev–Trinajstić information content (AvgIpc) is 1.80. The second kappa shape index (κ2) is 3.04. The predicted molar refractivity (Wildman–Crippen MR) is 44.7 cm³/mol. The smallest absolute Gasteiger partial charge is 0.211 e. The van der Waals surface area contributed by atoms with Crippen molar-refractivity contribution < 1.29 is 8.42 Å². The highest BCUT2D eigenvalue weighted by molar-refractivity contribution is 7.88. The molecule has 5 heteroatoms. The van der Waals surface area contributed by atoms with Crippen LogP contribution in [0.1, 0.15) is 13.3 Å². The Bertz CT molecular complexity index is 304. The van der Waals surface area contributed by atoms with Crippen LogP contribution in [0.3, 0.4) is 0 Å². The third-order valence-corrected chi connectivity index (χ3v) is 3.53. The summed E-state index contributed by atoms with van der Waals surface area (Å²) in [6.45, 7) is 2.32. The topological polar surface area (TPSA) is 61.2 Å². The molecule has 1 saturated heterocycles. The third kappa shape index (κ3) is 1.59. The van der Waals surface area contributed by atoms with Crippen LogP contribution in [0.25, 0.3) is 0 Å². The Balaban J connectivity index is 2.69. The van der Waals surface area contributed by atoms with Gasteiger partial charge in [0.15, 0.2) is 0 Å². The molecule has 12 heavy (non-hydrogen) atoms. The van der Waals surface area contributed by atoms with Gasteiger partial charge in [-0.3, -0.25) is 0 Å². The highest BCUT2D eigenvalue weighted by Gasteiger charge is 2.38. The van der Waals surface area contributed by atoms with Gasteiger partial charge in [-0.2, -0.15) is 9.57 Å². The summed E-state index contributed by atoms with van der Waals surface area (Å²) in [5.74, 6) is -0.200. The van der Waals surface area contributed by atoms with E-state index in [1.165, 1.54) is 10.6 Å². The number of nitrogens with zero attached hydrogens (tertiary/aromatic N) is 2. The largest absolute Gasteiger partial charge is 0.212 e. The first kappa shape index (κ1) is 9.49. The SMILES string of the molecule is CC(C#N)C1CCN1S(C)(=O)=O. The summed E-state index contributed by atoms with van der Waals surface area (Å²) in [6, 6.07) is 1.97. The lowest BCUT2D eigenvalue weighted by Crippen LogP contribution is -2.53. The van der Waals surface area contributed by atoms with Crippen molar-refractivity contribution in [3.8, 4) is 6.07 Å². The van der Waals surface area contributed by atoms with Gasteiger partial charge in [0.2, 0.25) is 10.0 Å². The van der Waals surface area contributed by atoms with Crippen LogP contribution in [-0.4, -0.2) is 31.6 Å². The molecular formula is C7H12N2O2S. The Labute approximate surface area is 72.8 Å². The van der Waals surface area contributed by atoms with Crippen molar-refractivity contribution in [1.82, 2.24) is 4.31 Å². The van der Waals surface area contributed by atoms with Crippen LogP contribution in [0, 0.1) is 17.2 Å². The Hall–Kier alpha value is -0.600. The molecule has 0 aromatic carbocycles. The highest BCUT2D eigenvalue weighted by atomic mass is 32.2. The lowest BCUT2D eigenvalue weighted by atomic mass is 9.95. The maximum Gasteiger partial charge on any atom is 0.211 e. The molecule has 1 heterocycles. The molecule has 0 radical (unpaired) electrons. The molecule has 0 aliphatic carbocycles. The van der Waals surface area contributed by atoms with Crippen LogP contribution in [0.15, 0.2) is 0 Å². The fourth-order valence-electron chi connectivity index (χ4n) is 1.38. The molecule has 0 spiro atoms. The molecule has 1 rings (SSSR count). The molecule has 0 aromatic rings. The highest BCUT2D eigenvalue weighted by Crippen LogP contribution is 2.26. The second-order valence-electron chi connectivity index (χ2n) is 3.15. The molecule has 1 aliphatic heterocycles. The Morgan fingerprint density at radius 2 is 2.25 bits per heavy atom. The van der Waals surface area contributed by atoms with Gasteiger partial charge >= 0.3 is 0 Å². The van der Waals surface area contributed by atoms with Gasteiger partial charge in [0.1, 0.15) is 0 Å². The third-order valence-electron chi connectivity index (χ3n) is 2.22. The van der Waals surface area contributed by atoms with E-state index in [1.807, 2.05) is 0 Å². The number of sulfonamides is 1. The number of hydrogen-bond donors (Lipinski definition) is 0. The lowest BCUT2D eigenvalue weighted by Gasteiger charge is -2.40. The number of hydrogen-bond acceptors (Lipinski definition) is 3. The van der Waals surface area contributed by atoms with Crippen LogP contribution < -0.4 is 0 Å². The zero-order valence-corrected chi connectivity index (χ0v) is 8.00. The van der Waals surface area contributed by atoms with E-state index in [0.717, 1.165) is 6.42 Å². The van der Waals surface area contributed by atoms with Crippen LogP contribution in [0.5, 0.6) is 0 Å². The van der Waals surface area contributed by atoms with Crippen LogP contribution >= 0.6 is 0 Å². The van der Waals surface area contributed by atoms with Crippen molar-refractivity contribution in [2.45, 2.75) is 19.4 Å². The Morgan fingerprint density at radius 1 is 1.67 bits per heavy atom. The summed E-state index contributed by atoms with van der Waals surface area (Å²) in [6.07, 6.45) is 1.99. The first-order valence-electron chi connectivity index (χ1n) is 3.83. The fourth-order valence-corrected chi connectivity index (χ4v) is 2.60. The van der Waals surface area contributed by atoms with Gasteiger partial charge in [0.25, 0.3) is 0 Å². The van der Waals surface area contributed by atoms with Gasteiger partial charge in [0.05, 0.1) is 18.2 Å². The van der Waals surface area contributed by atoms with Crippen LogP contribution in [0.2, 0.25) is 0 Å². The zero-order chi connectivity index (χ0) is 9.35. The molecule has 0 saturated carbocycles. The molecule has 0 N–H and O–H groups in total. The van der Waals surface area contributed by atoms with E-state index < -0.39 is 10.0 Å². The van der Waals surface area contributed by atoms with Crippen molar-refractivity contribution >= 4 is 10.0 Å². The fraction of sp³-hybridized carbons (Fsp3) is 0.857. The average molecular weight is 188 g/mol. The molecule has 1 fully saturated rings. The van der Waals surface area contributed by atoms with Crippen LogP contribution in [0.4, 0.5) is 0 Å². The first-order chi connectivity index (χ1) is 5.46. The minimum atomic E-state index is -3.09. The standard InChI is InChI=1S/C7H12N2O2S/c1-6(5-8)7-3-4-9(7)12(2,10)11/h6-7H,3-4H2,1-2H3. The van der Waals surface area contributed by atoms with E-state index in [4.69, 9.17) is 5.26 Å². The normalized spacial score (nSPS) is 27.2. The van der Waals surface area contributed by atoms with Gasteiger partial charge in [-0.1, -0.05) is 0 Å². The second-order valence-corrected chi connectivity index (χ2v) is 5.08. The van der Waals surface area contributed by atoms with Gasteiger partial charge in [0, 0.05) is 12.6 Å². The minimum absolute atomic E-state index is 0.0926. The lowest BCUT2D eigenvalue weighted by molar-refractivity contribution is 0.167. The van der Waals surface area contributed by atoms with Crippen LogP contribution in [-0.2, 0) is 10.0 Å². The summed E-state index contributed by atoms with van der Waals surface area (Å²) in [4.78, 5) is 0. The summed E-state index contributed by atoms with van der Waals surface area (Å²) >= 11 is 0. The van der Waals surface area contributed by atoms with Crippen molar-refractivity contribution in [3.63, 3.8) is 0 Å². The van der Waals surface area contributed by atoms with E-state index in [1.54, 1.807) is 6.92 Å². The monoisotopic (exact) mass is 188 g/mol. The number of rotatable bonds is 2. The van der Waals surface area contributed by atoms with E-state index in [0.29, 0.717) is 6.54 Å². The molecule has 2 unspecified atom stereocenters. The van der Waals surface area contributed by atoms with Crippen molar-refractivity contribution in [1.29, 1.82) is 5.26 Å². The minimum Gasteiger partial charge on any atom is -0.212 e. The molecule has 68 valence electrons. The Morgan fingerprint density at radius 3 is 2.50 bits per heavy atom. The maximum atomic E-state index is 11.1. The summed E-state index contributed by atoms with van der Waals surface area (Å²) in [5.41, 5.74) is 0. The van der Waals surface area contributed by atoms with Gasteiger partial charge in [-0.15, -0.1) is 0 Å². The maximum absolute atomic E-state index is 11.1. The molecule has 2 atom stereocenters. The molecule has 1 aliphatic rings. The van der Waals surface area contributed by atoms with Crippen molar-refractivity contribution in [2.24, 2.45) is 5.92 Å². The molecule has 0 bridgehead atoms. The number of nitriles is 1. The van der Waals surface area contributed by atoms with E-state index in [2.05, 4.69) is 6.07 Å². The van der Waals surface area contributed by atoms with Gasteiger partial charge in [-0.25, -0.2) is 8.42 Å². The molecule has 4 nitrogen and oxygen atoms in total. The quantitative estimate of drug-likeness (QED) is 0.621. The molecule has 0 amide bonds. The van der Waals surface area contributed by atoms with Crippen molar-refractivity contribution in [2.75, 3.05) is 12.8 Å². The molecular weight excluding hydrogens is 176 g/mol. The van der Waals surface area contributed by atoms with Gasteiger partial charge < -0.3 is 0 Å². The van der Waals surface area contributed by atoms with Gasteiger partial charge in [-0.05, 0) is 13.3 Å². The van der Waals surface area contributed by atoms with E-state index in [9.17, 15) is 8.42 Å². The van der Waals surface area contributed by atoms with E-state index >= 15 is 0 Å². The summed E-state index contributed by atoms with van der Waals surface area (Å²) < 4.78 is 23.5. The Kier molecular flexibility index (Phi) is 2.40. The molecule has 0 aromatic heterocycles. The zero-order valence-electron chi connectivity index (χ0n) is 7.19. The summed E-state index contributed by atoms with van der Waals surface area (Å²) in [5, 5.41) is 8.58. The first-order valence-corrected chi connectivity index (χ1v) is 5.68. The summed E-state index contributed by atoms with van der Waals surface area (Å²) in [7, 11) is -3.09. The van der Waals surface area contributed by atoms with E-state index in [-0.39, 0.29) is 12.0 Å². The van der Waals surface area contributed by atoms with Crippen molar-refractivity contribution in [3.05, 3.63) is 0 Å².